The lowest BCUT2D eigenvalue weighted by Crippen LogP contribution is -2.31. The molecular formula is C18H19N3O4. The molecule has 0 aliphatic carbocycles. The quantitative estimate of drug-likeness (QED) is 0.621. The van der Waals surface area contributed by atoms with E-state index in [0.29, 0.717) is 16.8 Å². The Kier molecular flexibility index (Phi) is 5.84. The zero-order chi connectivity index (χ0) is 18.4. The normalized spacial score (nSPS) is 11.4. The molecule has 0 aromatic heterocycles. The number of hydrogen-bond acceptors (Lipinski definition) is 4. The minimum atomic E-state index is -0.527. The monoisotopic (exact) mass is 341 g/mol. The van der Waals surface area contributed by atoms with Crippen LogP contribution in [0.4, 0.5) is 11.4 Å². The van der Waals surface area contributed by atoms with Gasteiger partial charge in [-0.15, -0.1) is 0 Å². The van der Waals surface area contributed by atoms with Gasteiger partial charge in [-0.25, -0.2) is 0 Å². The van der Waals surface area contributed by atoms with Gasteiger partial charge in [0.2, 0.25) is 0 Å². The summed E-state index contributed by atoms with van der Waals surface area (Å²) in [6, 6.07) is 12.0. The Morgan fingerprint density at radius 1 is 1.08 bits per heavy atom. The van der Waals surface area contributed by atoms with Crippen molar-refractivity contribution < 1.29 is 14.5 Å². The lowest BCUT2D eigenvalue weighted by molar-refractivity contribution is -0.384. The van der Waals surface area contributed by atoms with Crippen molar-refractivity contribution in [2.75, 3.05) is 5.32 Å². The van der Waals surface area contributed by atoms with Gasteiger partial charge in [0, 0.05) is 35.0 Å². The first-order chi connectivity index (χ1) is 11.9. The van der Waals surface area contributed by atoms with E-state index in [1.807, 2.05) is 13.8 Å². The van der Waals surface area contributed by atoms with Gasteiger partial charge in [0.25, 0.3) is 17.5 Å². The van der Waals surface area contributed by atoms with Crippen LogP contribution in [0.25, 0.3) is 0 Å². The lowest BCUT2D eigenvalue weighted by atomic mass is 10.1. The highest BCUT2D eigenvalue weighted by molar-refractivity contribution is 6.05. The predicted octanol–water partition coefficient (Wildman–Crippen LogP) is 3.38. The van der Waals surface area contributed by atoms with Gasteiger partial charge >= 0.3 is 0 Å². The molecular weight excluding hydrogens is 322 g/mol. The minimum Gasteiger partial charge on any atom is -0.350 e. The number of rotatable bonds is 6. The van der Waals surface area contributed by atoms with Gasteiger partial charge in [-0.3, -0.25) is 19.7 Å². The molecule has 2 aromatic carbocycles. The van der Waals surface area contributed by atoms with Crippen LogP contribution in [-0.2, 0) is 0 Å². The topological polar surface area (TPSA) is 101 Å². The molecule has 2 rings (SSSR count). The fourth-order valence-corrected chi connectivity index (χ4v) is 2.09. The maximum absolute atomic E-state index is 12.2. The maximum Gasteiger partial charge on any atom is 0.269 e. The van der Waals surface area contributed by atoms with Crippen LogP contribution in [0, 0.1) is 10.1 Å². The lowest BCUT2D eigenvalue weighted by Gasteiger charge is -2.12. The highest BCUT2D eigenvalue weighted by Crippen LogP contribution is 2.15. The molecule has 0 heterocycles. The summed E-state index contributed by atoms with van der Waals surface area (Å²) in [5.41, 5.74) is 1.13. The Morgan fingerprint density at radius 2 is 1.76 bits per heavy atom. The second-order valence-electron chi connectivity index (χ2n) is 5.62. The van der Waals surface area contributed by atoms with Gasteiger partial charge in [0.05, 0.1) is 4.92 Å². The number of nitro benzene ring substituents is 1. The smallest absolute Gasteiger partial charge is 0.269 e. The zero-order valence-corrected chi connectivity index (χ0v) is 14.0. The van der Waals surface area contributed by atoms with Gasteiger partial charge in [-0.05, 0) is 43.7 Å². The van der Waals surface area contributed by atoms with E-state index in [9.17, 15) is 19.7 Å². The van der Waals surface area contributed by atoms with Crippen molar-refractivity contribution in [3.8, 4) is 0 Å². The molecule has 0 aliphatic heterocycles. The summed E-state index contributed by atoms with van der Waals surface area (Å²) in [6.07, 6.45) is 0.822. The predicted molar refractivity (Wildman–Crippen MR) is 94.7 cm³/mol. The van der Waals surface area contributed by atoms with Crippen LogP contribution in [0.15, 0.2) is 48.5 Å². The summed E-state index contributed by atoms with van der Waals surface area (Å²) in [4.78, 5) is 34.5. The average molecular weight is 341 g/mol. The van der Waals surface area contributed by atoms with Crippen molar-refractivity contribution in [3.05, 3.63) is 69.8 Å². The summed E-state index contributed by atoms with van der Waals surface area (Å²) < 4.78 is 0. The third kappa shape index (κ3) is 4.87. The van der Waals surface area contributed by atoms with E-state index in [-0.39, 0.29) is 17.6 Å². The van der Waals surface area contributed by atoms with E-state index in [1.54, 1.807) is 24.3 Å². The van der Waals surface area contributed by atoms with Crippen LogP contribution in [0.2, 0.25) is 0 Å². The van der Waals surface area contributed by atoms with Crippen LogP contribution in [0.1, 0.15) is 41.0 Å². The molecule has 1 unspecified atom stereocenters. The molecule has 0 fully saturated rings. The highest BCUT2D eigenvalue weighted by Gasteiger charge is 2.12. The van der Waals surface area contributed by atoms with Gasteiger partial charge in [-0.2, -0.15) is 0 Å². The molecule has 7 nitrogen and oxygen atoms in total. The van der Waals surface area contributed by atoms with Crippen molar-refractivity contribution in [2.45, 2.75) is 26.3 Å². The number of anilines is 1. The molecule has 0 saturated heterocycles. The van der Waals surface area contributed by atoms with E-state index in [1.165, 1.54) is 24.3 Å². The molecule has 1 atom stereocenters. The van der Waals surface area contributed by atoms with E-state index in [2.05, 4.69) is 10.6 Å². The number of nitrogens with zero attached hydrogens (tertiary/aromatic N) is 1. The molecule has 7 heteroatoms. The Bertz CT molecular complexity index is 787. The molecule has 0 aliphatic rings. The summed E-state index contributed by atoms with van der Waals surface area (Å²) >= 11 is 0. The van der Waals surface area contributed by atoms with Crippen LogP contribution >= 0.6 is 0 Å². The molecule has 130 valence electrons. The fraction of sp³-hybridized carbons (Fsp3) is 0.222. The van der Waals surface area contributed by atoms with Crippen LogP contribution in [-0.4, -0.2) is 22.8 Å². The van der Waals surface area contributed by atoms with Crippen molar-refractivity contribution in [3.63, 3.8) is 0 Å². The Morgan fingerprint density at radius 3 is 2.36 bits per heavy atom. The molecule has 25 heavy (non-hydrogen) atoms. The number of non-ortho nitro benzene ring substituents is 1. The largest absolute Gasteiger partial charge is 0.350 e. The number of carbonyl (C=O) groups is 2. The van der Waals surface area contributed by atoms with Gasteiger partial charge in [-0.1, -0.05) is 13.0 Å². The highest BCUT2D eigenvalue weighted by atomic mass is 16.6. The summed E-state index contributed by atoms with van der Waals surface area (Å²) in [5, 5.41) is 16.2. The molecule has 2 aromatic rings. The van der Waals surface area contributed by atoms with Crippen molar-refractivity contribution in [1.82, 2.24) is 5.32 Å². The zero-order valence-electron chi connectivity index (χ0n) is 14.0. The minimum absolute atomic E-state index is 0.0610. The van der Waals surface area contributed by atoms with Crippen molar-refractivity contribution >= 4 is 23.2 Å². The number of hydrogen-bond donors (Lipinski definition) is 2. The van der Waals surface area contributed by atoms with Crippen LogP contribution in [0.5, 0.6) is 0 Å². The van der Waals surface area contributed by atoms with Crippen LogP contribution < -0.4 is 10.6 Å². The molecule has 2 amide bonds. The first kappa shape index (κ1) is 18.1. The maximum atomic E-state index is 12.2. The Labute approximate surface area is 145 Å². The van der Waals surface area contributed by atoms with Gasteiger partial charge in [0.1, 0.15) is 0 Å². The number of nitrogens with one attached hydrogen (secondary N) is 2. The number of carbonyl (C=O) groups excluding carboxylic acids is 2. The number of amides is 2. The van der Waals surface area contributed by atoms with E-state index >= 15 is 0 Å². The molecule has 0 spiro atoms. The summed E-state index contributed by atoms with van der Waals surface area (Å²) in [6.45, 7) is 3.89. The van der Waals surface area contributed by atoms with Gasteiger partial charge in [0.15, 0.2) is 0 Å². The molecule has 0 bridgehead atoms. The fourth-order valence-electron chi connectivity index (χ4n) is 2.09. The van der Waals surface area contributed by atoms with E-state index in [0.717, 1.165) is 6.42 Å². The van der Waals surface area contributed by atoms with E-state index in [4.69, 9.17) is 0 Å². The molecule has 0 saturated carbocycles. The molecule has 2 N–H and O–H groups in total. The standard InChI is InChI=1S/C18H19N3O4/c1-3-12(2)19-18(23)14-5-4-6-15(11-14)20-17(22)13-7-9-16(10-8-13)21(24)25/h4-12H,3H2,1-2H3,(H,19,23)(H,20,22). The van der Waals surface area contributed by atoms with E-state index < -0.39 is 10.8 Å². The average Bonchev–Trinajstić information content (AvgIpc) is 2.61. The number of nitro groups is 1. The van der Waals surface area contributed by atoms with Crippen molar-refractivity contribution in [1.29, 1.82) is 0 Å². The Balaban J connectivity index is 2.09. The first-order valence-corrected chi connectivity index (χ1v) is 7.87. The third-order valence-electron chi connectivity index (χ3n) is 3.71. The first-order valence-electron chi connectivity index (χ1n) is 7.87. The Hall–Kier alpha value is -3.22. The van der Waals surface area contributed by atoms with Gasteiger partial charge < -0.3 is 10.6 Å². The van der Waals surface area contributed by atoms with Crippen LogP contribution in [0.3, 0.4) is 0 Å². The van der Waals surface area contributed by atoms with Crippen molar-refractivity contribution in [2.24, 2.45) is 0 Å². The summed E-state index contributed by atoms with van der Waals surface area (Å²) in [5.74, 6) is -0.616. The molecule has 0 radical (unpaired) electrons. The second-order valence-corrected chi connectivity index (χ2v) is 5.62. The summed E-state index contributed by atoms with van der Waals surface area (Å²) in [7, 11) is 0. The number of benzene rings is 2. The SMILES string of the molecule is CCC(C)NC(=O)c1cccc(NC(=O)c2ccc([N+](=O)[O-])cc2)c1. The second kappa shape index (κ2) is 8.05. The third-order valence-corrected chi connectivity index (χ3v) is 3.71.